The largest absolute Gasteiger partial charge is 0.465 e. The molecule has 2 aromatic heterocycles. The van der Waals surface area contributed by atoms with Crippen LogP contribution in [0.15, 0.2) is 84.9 Å². The van der Waals surface area contributed by atoms with E-state index in [-0.39, 0.29) is 5.91 Å². The number of hydrogen-bond acceptors (Lipinski definition) is 4. The van der Waals surface area contributed by atoms with Gasteiger partial charge in [-0.25, -0.2) is 9.78 Å². The van der Waals surface area contributed by atoms with Gasteiger partial charge in [0.05, 0.1) is 35.3 Å². The monoisotopic (exact) mass is 477 g/mol. The molecule has 0 aliphatic heterocycles. The summed E-state index contributed by atoms with van der Waals surface area (Å²) >= 11 is 0. The van der Waals surface area contributed by atoms with Crippen LogP contribution in [-0.4, -0.2) is 36.0 Å². The number of carbonyl (C=O) groups excluding carboxylic acids is 2. The van der Waals surface area contributed by atoms with Crippen LogP contribution in [0.2, 0.25) is 0 Å². The zero-order chi connectivity index (χ0) is 25.1. The first kappa shape index (κ1) is 23.3. The normalized spacial score (nSPS) is 11.1. The van der Waals surface area contributed by atoms with Crippen molar-refractivity contribution < 1.29 is 14.3 Å². The topological polar surface area (TPSA) is 75.3 Å². The molecule has 1 amide bonds. The van der Waals surface area contributed by atoms with Gasteiger partial charge in [0.25, 0.3) is 0 Å². The first-order valence-corrected chi connectivity index (χ1v) is 12.0. The van der Waals surface area contributed by atoms with Crippen molar-refractivity contribution in [2.45, 2.75) is 19.3 Å². The molecule has 180 valence electrons. The summed E-state index contributed by atoms with van der Waals surface area (Å²) in [5.74, 6) is -0.520. The molecule has 3 aromatic carbocycles. The maximum atomic E-state index is 13.1. The molecule has 0 aliphatic rings. The fourth-order valence-corrected chi connectivity index (χ4v) is 4.65. The Morgan fingerprint density at radius 1 is 0.917 bits per heavy atom. The molecule has 6 heteroatoms. The number of anilines is 1. The number of aromatic amines is 1. The maximum absolute atomic E-state index is 13.1. The van der Waals surface area contributed by atoms with Gasteiger partial charge in [0.2, 0.25) is 5.91 Å². The van der Waals surface area contributed by atoms with Gasteiger partial charge in [-0.1, -0.05) is 54.6 Å². The van der Waals surface area contributed by atoms with Gasteiger partial charge in [0.15, 0.2) is 0 Å². The number of hydrogen-bond donors (Lipinski definition) is 1. The summed E-state index contributed by atoms with van der Waals surface area (Å²) < 4.78 is 4.87. The Kier molecular flexibility index (Phi) is 6.50. The fraction of sp³-hybridized carbons (Fsp3) is 0.167. The van der Waals surface area contributed by atoms with Gasteiger partial charge in [-0.2, -0.15) is 0 Å². The first-order valence-electron chi connectivity index (χ1n) is 12.0. The Bertz CT molecular complexity index is 1570. The number of methoxy groups -OCH3 is 1. The first-order chi connectivity index (χ1) is 17.6. The van der Waals surface area contributed by atoms with Crippen LogP contribution in [0.4, 0.5) is 5.69 Å². The van der Waals surface area contributed by atoms with Gasteiger partial charge in [-0.3, -0.25) is 4.79 Å². The van der Waals surface area contributed by atoms with Crippen molar-refractivity contribution in [3.05, 3.63) is 96.1 Å². The van der Waals surface area contributed by atoms with Crippen LogP contribution in [0.1, 0.15) is 28.8 Å². The number of rotatable bonds is 7. The van der Waals surface area contributed by atoms with Gasteiger partial charge in [-0.15, -0.1) is 0 Å². The number of nitrogens with one attached hydrogen (secondary N) is 1. The minimum Gasteiger partial charge on any atom is -0.465 e. The van der Waals surface area contributed by atoms with Crippen molar-refractivity contribution in [3.8, 4) is 11.4 Å². The van der Waals surface area contributed by atoms with Gasteiger partial charge in [0.1, 0.15) is 0 Å². The lowest BCUT2D eigenvalue weighted by molar-refractivity contribution is -0.118. The molecular formula is C30H27N3O3. The van der Waals surface area contributed by atoms with Crippen molar-refractivity contribution in [1.29, 1.82) is 0 Å². The Hall–Kier alpha value is -4.45. The number of para-hydroxylation sites is 3. The number of aryl methyl sites for hydroxylation is 1. The smallest absolute Gasteiger partial charge is 0.339 e. The van der Waals surface area contributed by atoms with Crippen molar-refractivity contribution in [2.75, 3.05) is 19.1 Å². The molecule has 5 aromatic rings. The second-order valence-corrected chi connectivity index (χ2v) is 8.73. The second-order valence-electron chi connectivity index (χ2n) is 8.73. The molecule has 6 nitrogen and oxygen atoms in total. The number of H-pyrrole nitrogens is 1. The Labute approximate surface area is 209 Å². The minimum atomic E-state index is -0.462. The highest BCUT2D eigenvalue weighted by molar-refractivity contribution is 6.02. The zero-order valence-electron chi connectivity index (χ0n) is 20.3. The van der Waals surface area contributed by atoms with E-state index >= 15 is 0 Å². The average Bonchev–Trinajstić information content (AvgIpc) is 3.30. The summed E-state index contributed by atoms with van der Waals surface area (Å²) in [6.45, 7) is 0. The molecule has 2 heterocycles. The average molecular weight is 478 g/mol. The maximum Gasteiger partial charge on any atom is 0.339 e. The molecule has 0 bridgehead atoms. The molecule has 0 unspecified atom stereocenters. The zero-order valence-corrected chi connectivity index (χ0v) is 20.3. The van der Waals surface area contributed by atoms with E-state index in [9.17, 15) is 9.59 Å². The lowest BCUT2D eigenvalue weighted by Gasteiger charge is -2.20. The molecule has 0 atom stereocenters. The molecule has 1 N–H and O–H groups in total. The summed E-state index contributed by atoms with van der Waals surface area (Å²) in [6.07, 6.45) is 1.72. The Morgan fingerprint density at radius 2 is 1.67 bits per heavy atom. The van der Waals surface area contributed by atoms with Crippen LogP contribution in [0.25, 0.3) is 33.2 Å². The molecular weight excluding hydrogens is 450 g/mol. The van der Waals surface area contributed by atoms with Gasteiger partial charge < -0.3 is 14.6 Å². The summed E-state index contributed by atoms with van der Waals surface area (Å²) in [6, 6.07) is 27.4. The van der Waals surface area contributed by atoms with Gasteiger partial charge >= 0.3 is 5.97 Å². The van der Waals surface area contributed by atoms with E-state index in [1.807, 2.05) is 36.4 Å². The standard InChI is InChI=1S/C30H27N3O3/c1-33(27-16-8-5-12-23(27)30(35)36-2)28(34)17-9-13-22-21-11-4-7-15-25(21)32-29(22)26-19-18-20-10-3-6-14-24(20)31-26/h3-8,10-12,14-16,18-19,32H,9,13,17H2,1-2H3. The van der Waals surface area contributed by atoms with E-state index in [4.69, 9.17) is 9.72 Å². The van der Waals surface area contributed by atoms with E-state index in [1.165, 1.54) is 12.0 Å². The van der Waals surface area contributed by atoms with Crippen LogP contribution in [0, 0.1) is 0 Å². The Morgan fingerprint density at radius 3 is 2.53 bits per heavy atom. The number of amides is 1. The minimum absolute atomic E-state index is 0.0587. The number of esters is 1. The number of benzene rings is 3. The Balaban J connectivity index is 1.38. The summed E-state index contributed by atoms with van der Waals surface area (Å²) in [5.41, 5.74) is 5.93. The summed E-state index contributed by atoms with van der Waals surface area (Å²) in [4.78, 5) is 35.2. The fourth-order valence-electron chi connectivity index (χ4n) is 4.65. The highest BCUT2D eigenvalue weighted by atomic mass is 16.5. The number of ether oxygens (including phenoxy) is 1. The number of pyridine rings is 1. The van der Waals surface area contributed by atoms with Crippen molar-refractivity contribution >= 4 is 39.4 Å². The molecule has 0 aliphatic carbocycles. The third kappa shape index (κ3) is 4.45. The molecule has 0 radical (unpaired) electrons. The van der Waals surface area contributed by atoms with E-state index < -0.39 is 5.97 Å². The van der Waals surface area contributed by atoms with Gasteiger partial charge in [0, 0.05) is 29.8 Å². The highest BCUT2D eigenvalue weighted by Gasteiger charge is 2.20. The van der Waals surface area contributed by atoms with Crippen LogP contribution in [0.3, 0.4) is 0 Å². The number of nitrogens with zero attached hydrogens (tertiary/aromatic N) is 2. The third-order valence-corrected chi connectivity index (χ3v) is 6.53. The van der Waals surface area contributed by atoms with Crippen LogP contribution in [0.5, 0.6) is 0 Å². The van der Waals surface area contributed by atoms with E-state index in [0.29, 0.717) is 30.5 Å². The van der Waals surface area contributed by atoms with E-state index in [1.54, 1.807) is 31.3 Å². The molecule has 0 saturated carbocycles. The summed E-state index contributed by atoms with van der Waals surface area (Å²) in [5, 5.41) is 2.24. The molecule has 36 heavy (non-hydrogen) atoms. The van der Waals surface area contributed by atoms with Crippen molar-refractivity contribution in [3.63, 3.8) is 0 Å². The quantitative estimate of drug-likeness (QED) is 0.285. The third-order valence-electron chi connectivity index (χ3n) is 6.53. The predicted molar refractivity (Wildman–Crippen MR) is 143 cm³/mol. The lowest BCUT2D eigenvalue weighted by Crippen LogP contribution is -2.27. The number of carbonyl (C=O) groups is 2. The summed E-state index contributed by atoms with van der Waals surface area (Å²) in [7, 11) is 3.03. The van der Waals surface area contributed by atoms with Crippen LogP contribution >= 0.6 is 0 Å². The number of aromatic nitrogens is 2. The van der Waals surface area contributed by atoms with Crippen molar-refractivity contribution in [2.24, 2.45) is 0 Å². The molecule has 0 spiro atoms. The van der Waals surface area contributed by atoms with Crippen LogP contribution in [-0.2, 0) is 16.0 Å². The SMILES string of the molecule is COC(=O)c1ccccc1N(C)C(=O)CCCc1c(-c2ccc3ccccc3n2)[nH]c2ccccc12. The van der Waals surface area contributed by atoms with E-state index in [2.05, 4.69) is 29.2 Å². The van der Waals surface area contributed by atoms with E-state index in [0.717, 1.165) is 38.8 Å². The highest BCUT2D eigenvalue weighted by Crippen LogP contribution is 2.32. The second kappa shape index (κ2) is 10.0. The van der Waals surface area contributed by atoms with Gasteiger partial charge in [-0.05, 0) is 48.7 Å². The van der Waals surface area contributed by atoms with Crippen molar-refractivity contribution in [1.82, 2.24) is 9.97 Å². The molecule has 5 rings (SSSR count). The van der Waals surface area contributed by atoms with Crippen LogP contribution < -0.4 is 4.90 Å². The lowest BCUT2D eigenvalue weighted by atomic mass is 10.0. The predicted octanol–water partition coefficient (Wildman–Crippen LogP) is 6.16. The molecule has 0 fully saturated rings. The number of fused-ring (bicyclic) bond motifs is 2. The molecule has 0 saturated heterocycles.